The number of hydrogen-bond donors (Lipinski definition) is 1. The van der Waals surface area contributed by atoms with Gasteiger partial charge in [-0.25, -0.2) is 0 Å². The van der Waals surface area contributed by atoms with Crippen LogP contribution in [-0.2, 0) is 0 Å². The average Bonchev–Trinajstić information content (AvgIpc) is 3.06. The lowest BCUT2D eigenvalue weighted by Gasteiger charge is -2.22. The zero-order valence-electron chi connectivity index (χ0n) is 15.5. The molecule has 0 saturated carbocycles. The third-order valence-corrected chi connectivity index (χ3v) is 6.06. The maximum absolute atomic E-state index is 12.8. The van der Waals surface area contributed by atoms with Crippen molar-refractivity contribution in [1.29, 1.82) is 0 Å². The number of nitro benzene ring substituents is 1. The van der Waals surface area contributed by atoms with Gasteiger partial charge in [0.05, 0.1) is 9.82 Å². The molecule has 7 heteroatoms. The highest BCUT2D eigenvalue weighted by atomic mass is 32.2. The molecule has 0 aromatic heterocycles. The van der Waals surface area contributed by atoms with Crippen molar-refractivity contribution in [3.05, 3.63) is 63.7 Å². The van der Waals surface area contributed by atoms with Gasteiger partial charge in [0.25, 0.3) is 11.6 Å². The maximum Gasteiger partial charge on any atom is 0.284 e. The maximum atomic E-state index is 12.8. The van der Waals surface area contributed by atoms with E-state index in [1.165, 1.54) is 17.8 Å². The second-order valence-corrected chi connectivity index (χ2v) is 8.46. The van der Waals surface area contributed by atoms with E-state index >= 15 is 0 Å². The topological polar surface area (TPSA) is 89.5 Å². The van der Waals surface area contributed by atoms with Gasteiger partial charge < -0.3 is 10.6 Å². The van der Waals surface area contributed by atoms with Crippen molar-refractivity contribution in [3.8, 4) is 0 Å². The minimum absolute atomic E-state index is 0.0489. The van der Waals surface area contributed by atoms with Crippen LogP contribution in [0.3, 0.4) is 0 Å². The lowest BCUT2D eigenvalue weighted by molar-refractivity contribution is -0.387. The second kappa shape index (κ2) is 7.70. The average molecular weight is 385 g/mol. The van der Waals surface area contributed by atoms with Gasteiger partial charge in [-0.2, -0.15) is 0 Å². The predicted octanol–water partition coefficient (Wildman–Crippen LogP) is 3.87. The van der Waals surface area contributed by atoms with E-state index in [1.807, 2.05) is 31.2 Å². The number of nitro groups is 1. The molecule has 0 radical (unpaired) electrons. The van der Waals surface area contributed by atoms with Crippen molar-refractivity contribution in [2.24, 2.45) is 11.1 Å². The van der Waals surface area contributed by atoms with Crippen LogP contribution in [0.15, 0.2) is 52.3 Å². The molecular weight excluding hydrogens is 362 g/mol. The number of nitrogens with zero attached hydrogens (tertiary/aromatic N) is 2. The Balaban J connectivity index is 1.84. The van der Waals surface area contributed by atoms with E-state index in [-0.39, 0.29) is 17.0 Å². The first-order chi connectivity index (χ1) is 12.8. The minimum Gasteiger partial charge on any atom is -0.338 e. The van der Waals surface area contributed by atoms with Crippen LogP contribution in [-0.4, -0.2) is 35.4 Å². The van der Waals surface area contributed by atoms with E-state index in [0.29, 0.717) is 30.1 Å². The van der Waals surface area contributed by atoms with Crippen LogP contribution in [0.1, 0.15) is 29.3 Å². The quantitative estimate of drug-likeness (QED) is 0.623. The largest absolute Gasteiger partial charge is 0.338 e. The zero-order valence-corrected chi connectivity index (χ0v) is 16.3. The molecule has 1 aliphatic heterocycles. The van der Waals surface area contributed by atoms with Gasteiger partial charge in [0, 0.05) is 29.6 Å². The van der Waals surface area contributed by atoms with Gasteiger partial charge >= 0.3 is 0 Å². The van der Waals surface area contributed by atoms with E-state index in [1.54, 1.807) is 17.0 Å². The minimum atomic E-state index is -0.429. The van der Waals surface area contributed by atoms with Crippen LogP contribution in [0.25, 0.3) is 0 Å². The molecule has 1 unspecified atom stereocenters. The molecule has 27 heavy (non-hydrogen) atoms. The molecule has 3 rings (SSSR count). The number of aryl methyl sites for hydroxylation is 1. The summed E-state index contributed by atoms with van der Waals surface area (Å²) >= 11 is 1.32. The molecular formula is C20H23N3O3S. The molecule has 0 spiro atoms. The Bertz CT molecular complexity index is 869. The Morgan fingerprint density at radius 1 is 1.30 bits per heavy atom. The van der Waals surface area contributed by atoms with Gasteiger partial charge in [0.15, 0.2) is 0 Å². The van der Waals surface area contributed by atoms with Crippen LogP contribution in [0.4, 0.5) is 5.69 Å². The lowest BCUT2D eigenvalue weighted by Crippen LogP contribution is -2.34. The van der Waals surface area contributed by atoms with Gasteiger partial charge in [-0.15, -0.1) is 0 Å². The van der Waals surface area contributed by atoms with Crippen molar-refractivity contribution >= 4 is 23.4 Å². The van der Waals surface area contributed by atoms with E-state index in [2.05, 4.69) is 6.92 Å². The summed E-state index contributed by atoms with van der Waals surface area (Å²) in [5.41, 5.74) is 7.15. The first-order valence-electron chi connectivity index (χ1n) is 8.84. The van der Waals surface area contributed by atoms with Gasteiger partial charge in [-0.05, 0) is 49.6 Å². The molecule has 1 amide bonds. The van der Waals surface area contributed by atoms with Gasteiger partial charge in [0.1, 0.15) is 0 Å². The number of likely N-dealkylation sites (tertiary alicyclic amines) is 1. The number of nitrogens with two attached hydrogens (primary N) is 1. The number of amides is 1. The van der Waals surface area contributed by atoms with Crippen molar-refractivity contribution < 1.29 is 9.72 Å². The molecule has 0 aliphatic carbocycles. The van der Waals surface area contributed by atoms with E-state index in [9.17, 15) is 14.9 Å². The Labute approximate surface area is 162 Å². The van der Waals surface area contributed by atoms with E-state index in [4.69, 9.17) is 5.73 Å². The molecule has 2 aromatic carbocycles. The zero-order chi connectivity index (χ0) is 19.6. The second-order valence-electron chi connectivity index (χ2n) is 7.35. The molecule has 1 fully saturated rings. The fraction of sp³-hybridized carbons (Fsp3) is 0.350. The van der Waals surface area contributed by atoms with Crippen molar-refractivity contribution in [2.75, 3.05) is 19.6 Å². The molecule has 2 aromatic rings. The Kier molecular flexibility index (Phi) is 5.53. The Morgan fingerprint density at radius 2 is 2.00 bits per heavy atom. The molecule has 2 N–H and O–H groups in total. The summed E-state index contributed by atoms with van der Waals surface area (Å²) in [6.45, 7) is 5.77. The van der Waals surface area contributed by atoms with Crippen LogP contribution >= 0.6 is 11.8 Å². The SMILES string of the molecule is Cc1ccc(Sc2ccc(C(=O)N3CCC(C)(CN)C3)cc2[N+](=O)[O-])cc1. The van der Waals surface area contributed by atoms with E-state index < -0.39 is 4.92 Å². The van der Waals surface area contributed by atoms with Crippen molar-refractivity contribution in [3.63, 3.8) is 0 Å². The van der Waals surface area contributed by atoms with Gasteiger partial charge in [0.2, 0.25) is 0 Å². The van der Waals surface area contributed by atoms with Crippen LogP contribution in [0.2, 0.25) is 0 Å². The number of carbonyl (C=O) groups is 1. The fourth-order valence-corrected chi connectivity index (χ4v) is 4.06. The molecule has 0 bridgehead atoms. The number of benzene rings is 2. The van der Waals surface area contributed by atoms with Gasteiger partial charge in [-0.3, -0.25) is 14.9 Å². The Hall–Kier alpha value is -2.38. The summed E-state index contributed by atoms with van der Waals surface area (Å²) in [5.74, 6) is -0.179. The van der Waals surface area contributed by atoms with Crippen molar-refractivity contribution in [1.82, 2.24) is 4.90 Å². The molecule has 1 heterocycles. The highest BCUT2D eigenvalue weighted by Gasteiger charge is 2.35. The number of rotatable bonds is 5. The first-order valence-corrected chi connectivity index (χ1v) is 9.65. The summed E-state index contributed by atoms with van der Waals surface area (Å²) in [7, 11) is 0. The van der Waals surface area contributed by atoms with E-state index in [0.717, 1.165) is 16.9 Å². The summed E-state index contributed by atoms with van der Waals surface area (Å²) in [4.78, 5) is 27.1. The molecule has 6 nitrogen and oxygen atoms in total. The summed E-state index contributed by atoms with van der Waals surface area (Å²) in [5, 5.41) is 11.6. The normalized spacial score (nSPS) is 19.3. The first kappa shape index (κ1) is 19.4. The van der Waals surface area contributed by atoms with Crippen LogP contribution in [0.5, 0.6) is 0 Å². The van der Waals surface area contributed by atoms with Gasteiger partial charge in [-0.1, -0.05) is 36.4 Å². The lowest BCUT2D eigenvalue weighted by atomic mass is 9.90. The highest BCUT2D eigenvalue weighted by Crippen LogP contribution is 2.36. The standard InChI is InChI=1S/C20H23N3O3S/c1-14-3-6-16(7-4-14)27-18-8-5-15(11-17(18)23(25)26)19(24)22-10-9-20(2,12-21)13-22/h3-8,11H,9-10,12-13,21H2,1-2H3. The molecule has 142 valence electrons. The summed E-state index contributed by atoms with van der Waals surface area (Å²) in [6.07, 6.45) is 0.846. The summed E-state index contributed by atoms with van der Waals surface area (Å²) in [6, 6.07) is 12.5. The third-order valence-electron chi connectivity index (χ3n) is 4.99. The highest BCUT2D eigenvalue weighted by molar-refractivity contribution is 7.99. The predicted molar refractivity (Wildman–Crippen MR) is 106 cm³/mol. The molecule has 1 aliphatic rings. The monoisotopic (exact) mass is 385 g/mol. The van der Waals surface area contributed by atoms with Crippen molar-refractivity contribution in [2.45, 2.75) is 30.1 Å². The Morgan fingerprint density at radius 3 is 2.59 bits per heavy atom. The third kappa shape index (κ3) is 4.31. The van der Waals surface area contributed by atoms with Crippen LogP contribution in [0, 0.1) is 22.5 Å². The number of hydrogen-bond acceptors (Lipinski definition) is 5. The molecule has 1 saturated heterocycles. The molecule has 1 atom stereocenters. The smallest absolute Gasteiger partial charge is 0.284 e. The summed E-state index contributed by atoms with van der Waals surface area (Å²) < 4.78 is 0. The number of carbonyl (C=O) groups excluding carboxylic acids is 1. The fourth-order valence-electron chi connectivity index (χ4n) is 3.16. The van der Waals surface area contributed by atoms with Crippen LogP contribution < -0.4 is 5.73 Å².